The van der Waals surface area contributed by atoms with Crippen molar-refractivity contribution in [1.82, 2.24) is 10.2 Å². The zero-order valence-corrected chi connectivity index (χ0v) is 13.9. The van der Waals surface area contributed by atoms with E-state index in [1.165, 1.54) is 38.6 Å². The summed E-state index contributed by atoms with van der Waals surface area (Å²) in [4.78, 5) is 2.72. The van der Waals surface area contributed by atoms with Crippen molar-refractivity contribution in [2.75, 3.05) is 19.6 Å². The summed E-state index contributed by atoms with van der Waals surface area (Å²) in [6.45, 7) is 12.7. The highest BCUT2D eigenvalue weighted by atomic mass is 16.5. The Labute approximate surface area is 125 Å². The Hall–Kier alpha value is -0.120. The second-order valence-electron chi connectivity index (χ2n) is 7.28. The van der Waals surface area contributed by atoms with Gasteiger partial charge in [0.15, 0.2) is 0 Å². The average Bonchev–Trinajstić information content (AvgIpc) is 2.77. The van der Waals surface area contributed by atoms with Gasteiger partial charge in [0, 0.05) is 31.7 Å². The summed E-state index contributed by atoms with van der Waals surface area (Å²) in [5.74, 6) is 0.778. The van der Waals surface area contributed by atoms with Crippen molar-refractivity contribution in [3.63, 3.8) is 0 Å². The molecule has 2 saturated heterocycles. The summed E-state index contributed by atoms with van der Waals surface area (Å²) in [6, 6.07) is 1.38. The first-order valence-electron chi connectivity index (χ1n) is 8.71. The third-order valence-electron chi connectivity index (χ3n) is 4.75. The van der Waals surface area contributed by atoms with Gasteiger partial charge in [0.25, 0.3) is 0 Å². The fraction of sp³-hybridized carbons (Fsp3) is 1.00. The van der Waals surface area contributed by atoms with Crippen molar-refractivity contribution in [1.29, 1.82) is 0 Å². The zero-order chi connectivity index (χ0) is 14.5. The molecule has 0 radical (unpaired) electrons. The Bertz CT molecular complexity index is 282. The van der Waals surface area contributed by atoms with E-state index in [-0.39, 0.29) is 0 Å². The topological polar surface area (TPSA) is 24.5 Å². The SMILES string of the molecule is CCCC1CNC(CC(C)C)CN1CC1CCC(C)O1. The second-order valence-corrected chi connectivity index (χ2v) is 7.28. The smallest absolute Gasteiger partial charge is 0.0706 e. The molecular weight excluding hydrogens is 248 g/mol. The molecule has 1 N–H and O–H groups in total. The summed E-state index contributed by atoms with van der Waals surface area (Å²) in [5, 5.41) is 3.77. The van der Waals surface area contributed by atoms with E-state index in [0.717, 1.165) is 19.0 Å². The summed E-state index contributed by atoms with van der Waals surface area (Å²) in [7, 11) is 0. The normalized spacial score (nSPS) is 35.9. The minimum Gasteiger partial charge on any atom is -0.374 e. The molecule has 0 aliphatic carbocycles. The quantitative estimate of drug-likeness (QED) is 0.810. The molecule has 0 aromatic rings. The monoisotopic (exact) mass is 282 g/mol. The third-order valence-corrected chi connectivity index (χ3v) is 4.75. The van der Waals surface area contributed by atoms with Gasteiger partial charge in [-0.3, -0.25) is 4.90 Å². The molecule has 2 rings (SSSR count). The first-order chi connectivity index (χ1) is 9.58. The molecule has 0 spiro atoms. The largest absolute Gasteiger partial charge is 0.374 e. The maximum Gasteiger partial charge on any atom is 0.0706 e. The molecular formula is C17H34N2O. The molecule has 0 bridgehead atoms. The highest BCUT2D eigenvalue weighted by Gasteiger charge is 2.31. The van der Waals surface area contributed by atoms with E-state index >= 15 is 0 Å². The minimum atomic E-state index is 0.471. The molecule has 118 valence electrons. The van der Waals surface area contributed by atoms with Crippen molar-refractivity contribution in [2.45, 2.75) is 84.1 Å². The summed E-state index contributed by atoms with van der Waals surface area (Å²) < 4.78 is 6.04. The highest BCUT2D eigenvalue weighted by molar-refractivity contribution is 4.88. The van der Waals surface area contributed by atoms with Crippen LogP contribution in [0.5, 0.6) is 0 Å². The van der Waals surface area contributed by atoms with Crippen LogP contribution in [-0.4, -0.2) is 48.8 Å². The Morgan fingerprint density at radius 3 is 2.70 bits per heavy atom. The van der Waals surface area contributed by atoms with Gasteiger partial charge in [-0.2, -0.15) is 0 Å². The van der Waals surface area contributed by atoms with E-state index in [0.29, 0.717) is 24.3 Å². The lowest BCUT2D eigenvalue weighted by Gasteiger charge is -2.42. The van der Waals surface area contributed by atoms with Gasteiger partial charge in [0.1, 0.15) is 0 Å². The molecule has 2 fully saturated rings. The number of rotatable bonds is 6. The molecule has 0 aromatic heterocycles. The van der Waals surface area contributed by atoms with Crippen molar-refractivity contribution in [2.24, 2.45) is 5.92 Å². The van der Waals surface area contributed by atoms with Gasteiger partial charge in [0.2, 0.25) is 0 Å². The molecule has 3 nitrogen and oxygen atoms in total. The zero-order valence-electron chi connectivity index (χ0n) is 13.9. The van der Waals surface area contributed by atoms with Crippen LogP contribution in [0.25, 0.3) is 0 Å². The third kappa shape index (κ3) is 4.71. The van der Waals surface area contributed by atoms with E-state index in [1.54, 1.807) is 0 Å². The van der Waals surface area contributed by atoms with Crippen LogP contribution in [0.2, 0.25) is 0 Å². The number of nitrogens with zero attached hydrogens (tertiary/aromatic N) is 1. The lowest BCUT2D eigenvalue weighted by Crippen LogP contribution is -2.58. The average molecular weight is 282 g/mol. The maximum atomic E-state index is 6.04. The van der Waals surface area contributed by atoms with Gasteiger partial charge in [-0.25, -0.2) is 0 Å². The van der Waals surface area contributed by atoms with E-state index in [2.05, 4.69) is 37.9 Å². The molecule has 0 amide bonds. The fourth-order valence-electron chi connectivity index (χ4n) is 3.78. The van der Waals surface area contributed by atoms with Crippen molar-refractivity contribution in [3.8, 4) is 0 Å². The van der Waals surface area contributed by atoms with E-state index < -0.39 is 0 Å². The van der Waals surface area contributed by atoms with Crippen LogP contribution in [-0.2, 0) is 4.74 Å². The van der Waals surface area contributed by atoms with Crippen LogP contribution in [0, 0.1) is 5.92 Å². The predicted octanol–water partition coefficient (Wildman–Crippen LogP) is 3.04. The van der Waals surface area contributed by atoms with E-state index in [4.69, 9.17) is 4.74 Å². The van der Waals surface area contributed by atoms with Crippen LogP contribution in [0.15, 0.2) is 0 Å². The van der Waals surface area contributed by atoms with E-state index in [1.807, 2.05) is 0 Å². The first kappa shape index (κ1) is 16.3. The van der Waals surface area contributed by atoms with Crippen LogP contribution >= 0.6 is 0 Å². The van der Waals surface area contributed by atoms with Gasteiger partial charge in [-0.1, -0.05) is 27.2 Å². The lowest BCUT2D eigenvalue weighted by atomic mass is 9.97. The van der Waals surface area contributed by atoms with Gasteiger partial charge < -0.3 is 10.1 Å². The number of hydrogen-bond acceptors (Lipinski definition) is 3. The summed E-state index contributed by atoms with van der Waals surface area (Å²) >= 11 is 0. The number of ether oxygens (including phenoxy) is 1. The van der Waals surface area contributed by atoms with Crippen molar-refractivity contribution in [3.05, 3.63) is 0 Å². The Morgan fingerprint density at radius 1 is 1.30 bits per heavy atom. The Morgan fingerprint density at radius 2 is 2.10 bits per heavy atom. The number of nitrogens with one attached hydrogen (secondary N) is 1. The van der Waals surface area contributed by atoms with Gasteiger partial charge in [0.05, 0.1) is 12.2 Å². The standard InChI is InChI=1S/C17H34N2O/c1-5-6-16-10-18-15(9-13(2)3)11-19(16)12-17-8-7-14(4)20-17/h13-18H,5-12H2,1-4H3. The molecule has 20 heavy (non-hydrogen) atoms. The molecule has 3 heteroatoms. The molecule has 2 heterocycles. The summed E-state index contributed by atoms with van der Waals surface area (Å²) in [6.07, 6.45) is 7.31. The first-order valence-corrected chi connectivity index (χ1v) is 8.71. The molecule has 0 saturated carbocycles. The Kier molecular flexibility index (Phi) is 6.31. The lowest BCUT2D eigenvalue weighted by molar-refractivity contribution is 0.00805. The molecule has 4 unspecified atom stereocenters. The second kappa shape index (κ2) is 7.77. The minimum absolute atomic E-state index is 0.471. The molecule has 4 atom stereocenters. The molecule has 2 aliphatic rings. The molecule has 0 aromatic carbocycles. The number of hydrogen-bond donors (Lipinski definition) is 1. The highest BCUT2D eigenvalue weighted by Crippen LogP contribution is 2.23. The fourth-order valence-corrected chi connectivity index (χ4v) is 3.78. The van der Waals surface area contributed by atoms with Gasteiger partial charge in [-0.05, 0) is 38.5 Å². The van der Waals surface area contributed by atoms with Crippen LogP contribution in [0.4, 0.5) is 0 Å². The molecule has 2 aliphatic heterocycles. The Balaban J connectivity index is 1.88. The number of piperazine rings is 1. The van der Waals surface area contributed by atoms with Crippen LogP contribution in [0.3, 0.4) is 0 Å². The van der Waals surface area contributed by atoms with Crippen molar-refractivity contribution >= 4 is 0 Å². The van der Waals surface area contributed by atoms with Gasteiger partial charge >= 0.3 is 0 Å². The summed E-state index contributed by atoms with van der Waals surface area (Å²) in [5.41, 5.74) is 0. The van der Waals surface area contributed by atoms with Crippen LogP contribution in [0.1, 0.15) is 59.8 Å². The van der Waals surface area contributed by atoms with Gasteiger partial charge in [-0.15, -0.1) is 0 Å². The predicted molar refractivity (Wildman–Crippen MR) is 85.1 cm³/mol. The van der Waals surface area contributed by atoms with Crippen LogP contribution < -0.4 is 5.32 Å². The van der Waals surface area contributed by atoms with Crippen molar-refractivity contribution < 1.29 is 4.74 Å². The van der Waals surface area contributed by atoms with E-state index in [9.17, 15) is 0 Å². The maximum absolute atomic E-state index is 6.04.